The number of fused-ring (bicyclic) bond motifs is 1. The lowest BCUT2D eigenvalue weighted by molar-refractivity contribution is 0.202. The highest BCUT2D eigenvalue weighted by Crippen LogP contribution is 2.17. The fourth-order valence-electron chi connectivity index (χ4n) is 1.50. The highest BCUT2D eigenvalue weighted by molar-refractivity contribution is 5.47. The van der Waals surface area contributed by atoms with Gasteiger partial charge in [-0.1, -0.05) is 13.8 Å². The first-order valence-electron chi connectivity index (χ1n) is 5.74. The molecule has 2 aromatic heterocycles. The second-order valence-electron chi connectivity index (χ2n) is 4.15. The van der Waals surface area contributed by atoms with Crippen LogP contribution in [0, 0.1) is 0 Å². The minimum absolute atomic E-state index is 0.311. The summed E-state index contributed by atoms with van der Waals surface area (Å²) in [7, 11) is 0. The number of rotatable bonds is 5. The van der Waals surface area contributed by atoms with Crippen molar-refractivity contribution in [3.63, 3.8) is 0 Å². The van der Waals surface area contributed by atoms with Gasteiger partial charge in [0.05, 0.1) is 0 Å². The summed E-state index contributed by atoms with van der Waals surface area (Å²) in [6.07, 6.45) is 6.76. The predicted molar refractivity (Wildman–Crippen MR) is 63.8 cm³/mol. The Morgan fingerprint density at radius 1 is 1.41 bits per heavy atom. The Bertz CT molecular complexity index is 491. The third kappa shape index (κ3) is 2.36. The van der Waals surface area contributed by atoms with Gasteiger partial charge in [0, 0.05) is 17.9 Å². The molecule has 2 heterocycles. The summed E-state index contributed by atoms with van der Waals surface area (Å²) in [6, 6.07) is 0. The molecule has 0 amide bonds. The van der Waals surface area contributed by atoms with E-state index in [4.69, 9.17) is 10.5 Å². The fraction of sp³-hybridized carbons (Fsp3) is 0.545. The van der Waals surface area contributed by atoms with Crippen LogP contribution in [0.5, 0.6) is 5.88 Å². The zero-order valence-corrected chi connectivity index (χ0v) is 10.1. The van der Waals surface area contributed by atoms with Gasteiger partial charge in [0.1, 0.15) is 12.9 Å². The molecule has 2 aromatic rings. The Kier molecular flexibility index (Phi) is 3.23. The van der Waals surface area contributed by atoms with Crippen LogP contribution in [0.15, 0.2) is 18.7 Å². The van der Waals surface area contributed by atoms with Crippen molar-refractivity contribution in [1.82, 2.24) is 19.6 Å². The van der Waals surface area contributed by atoms with Gasteiger partial charge in [-0.25, -0.2) is 4.98 Å². The number of hydrogen-bond acceptors (Lipinski definition) is 5. The van der Waals surface area contributed by atoms with E-state index in [9.17, 15) is 0 Å². The highest BCUT2D eigenvalue weighted by atomic mass is 16.5. The van der Waals surface area contributed by atoms with Crippen LogP contribution in [0.2, 0.25) is 0 Å². The van der Waals surface area contributed by atoms with E-state index < -0.39 is 0 Å². The molecule has 0 aliphatic heterocycles. The molecular formula is C11H17N5O. The summed E-state index contributed by atoms with van der Waals surface area (Å²) >= 11 is 0. The second kappa shape index (κ2) is 4.67. The normalized spacial score (nSPS) is 11.9. The van der Waals surface area contributed by atoms with E-state index in [-0.39, 0.29) is 5.54 Å². The maximum atomic E-state index is 6.17. The van der Waals surface area contributed by atoms with Gasteiger partial charge in [0.15, 0.2) is 0 Å². The van der Waals surface area contributed by atoms with Crippen LogP contribution in [0.25, 0.3) is 5.65 Å². The fourth-order valence-corrected chi connectivity index (χ4v) is 1.50. The lowest BCUT2D eigenvalue weighted by Crippen LogP contribution is -2.44. The molecule has 0 fully saturated rings. The van der Waals surface area contributed by atoms with E-state index in [0.717, 1.165) is 12.8 Å². The Hall–Kier alpha value is -1.69. The summed E-state index contributed by atoms with van der Waals surface area (Å²) in [5, 5.41) is 7.76. The number of nitrogens with zero attached hydrogens (tertiary/aromatic N) is 4. The molecule has 0 atom stereocenters. The number of aromatic nitrogens is 4. The van der Waals surface area contributed by atoms with Gasteiger partial charge in [-0.15, -0.1) is 10.2 Å². The summed E-state index contributed by atoms with van der Waals surface area (Å²) in [4.78, 5) is 4.15. The van der Waals surface area contributed by atoms with Gasteiger partial charge in [-0.2, -0.15) is 0 Å². The molecule has 0 aliphatic carbocycles. The van der Waals surface area contributed by atoms with Crippen molar-refractivity contribution in [2.45, 2.75) is 32.2 Å². The van der Waals surface area contributed by atoms with Gasteiger partial charge in [0.2, 0.25) is 5.65 Å². The molecule has 2 N–H and O–H groups in total. The van der Waals surface area contributed by atoms with Crippen LogP contribution >= 0.6 is 0 Å². The minimum atomic E-state index is -0.311. The average Bonchev–Trinajstić information content (AvgIpc) is 2.84. The van der Waals surface area contributed by atoms with Gasteiger partial charge < -0.3 is 10.5 Å². The van der Waals surface area contributed by atoms with Crippen LogP contribution < -0.4 is 10.5 Å². The topological polar surface area (TPSA) is 78.3 Å². The van der Waals surface area contributed by atoms with Crippen LogP contribution in [0.4, 0.5) is 0 Å². The van der Waals surface area contributed by atoms with Gasteiger partial charge in [-0.05, 0) is 12.8 Å². The summed E-state index contributed by atoms with van der Waals surface area (Å²) < 4.78 is 7.43. The first-order chi connectivity index (χ1) is 8.18. The maximum absolute atomic E-state index is 6.17. The van der Waals surface area contributed by atoms with Gasteiger partial charge in [0.25, 0.3) is 5.88 Å². The number of nitrogens with two attached hydrogens (primary N) is 1. The van der Waals surface area contributed by atoms with Crippen molar-refractivity contribution < 1.29 is 4.74 Å². The monoisotopic (exact) mass is 235 g/mol. The SMILES string of the molecule is CCC(N)(CC)COc1nccn2cnnc12. The van der Waals surface area contributed by atoms with Gasteiger partial charge in [-0.3, -0.25) is 4.40 Å². The van der Waals surface area contributed by atoms with E-state index >= 15 is 0 Å². The Balaban J connectivity index is 2.16. The maximum Gasteiger partial charge on any atom is 0.260 e. The molecule has 0 radical (unpaired) electrons. The van der Waals surface area contributed by atoms with E-state index in [1.54, 1.807) is 23.1 Å². The third-order valence-corrected chi connectivity index (χ3v) is 3.09. The molecule has 0 unspecified atom stereocenters. The molecule has 2 rings (SSSR count). The minimum Gasteiger partial charge on any atom is -0.473 e. The summed E-state index contributed by atoms with van der Waals surface area (Å²) in [6.45, 7) is 4.54. The Morgan fingerprint density at radius 2 is 2.18 bits per heavy atom. The zero-order valence-electron chi connectivity index (χ0n) is 10.1. The van der Waals surface area contributed by atoms with E-state index in [2.05, 4.69) is 29.0 Å². The molecule has 6 heteroatoms. The lowest BCUT2D eigenvalue weighted by atomic mass is 9.96. The van der Waals surface area contributed by atoms with E-state index in [1.165, 1.54) is 0 Å². The molecular weight excluding hydrogens is 218 g/mol. The van der Waals surface area contributed by atoms with Crippen LogP contribution in [-0.4, -0.2) is 31.7 Å². The predicted octanol–water partition coefficient (Wildman–Crippen LogP) is 1.02. The zero-order chi connectivity index (χ0) is 12.3. The molecule has 0 aromatic carbocycles. The number of ether oxygens (including phenoxy) is 1. The second-order valence-corrected chi connectivity index (χ2v) is 4.15. The molecule has 17 heavy (non-hydrogen) atoms. The Morgan fingerprint density at radius 3 is 2.88 bits per heavy atom. The van der Waals surface area contributed by atoms with Crippen molar-refractivity contribution >= 4 is 5.65 Å². The highest BCUT2D eigenvalue weighted by Gasteiger charge is 2.22. The molecule has 0 aliphatic rings. The third-order valence-electron chi connectivity index (χ3n) is 3.09. The first-order valence-corrected chi connectivity index (χ1v) is 5.74. The molecule has 0 saturated carbocycles. The molecule has 0 spiro atoms. The quantitative estimate of drug-likeness (QED) is 0.837. The van der Waals surface area contributed by atoms with Crippen molar-refractivity contribution in [3.8, 4) is 5.88 Å². The van der Waals surface area contributed by atoms with Crippen LogP contribution in [-0.2, 0) is 0 Å². The summed E-state index contributed by atoms with van der Waals surface area (Å²) in [5.41, 5.74) is 6.47. The van der Waals surface area contributed by atoms with Crippen molar-refractivity contribution in [1.29, 1.82) is 0 Å². The molecule has 0 saturated heterocycles. The Labute approximate surface area is 99.8 Å². The number of hydrogen-bond donors (Lipinski definition) is 1. The molecule has 0 bridgehead atoms. The van der Waals surface area contributed by atoms with Crippen molar-refractivity contribution in [2.24, 2.45) is 5.73 Å². The molecule has 92 valence electrons. The molecule has 6 nitrogen and oxygen atoms in total. The lowest BCUT2D eigenvalue weighted by Gasteiger charge is -2.25. The van der Waals surface area contributed by atoms with Gasteiger partial charge >= 0.3 is 0 Å². The smallest absolute Gasteiger partial charge is 0.260 e. The largest absolute Gasteiger partial charge is 0.473 e. The van der Waals surface area contributed by atoms with Crippen molar-refractivity contribution in [2.75, 3.05) is 6.61 Å². The van der Waals surface area contributed by atoms with E-state index in [0.29, 0.717) is 18.1 Å². The first kappa shape index (κ1) is 11.8. The van der Waals surface area contributed by atoms with Crippen LogP contribution in [0.1, 0.15) is 26.7 Å². The van der Waals surface area contributed by atoms with E-state index in [1.807, 2.05) is 0 Å². The standard InChI is InChI=1S/C11H17N5O/c1-3-11(12,4-2)7-17-10-9-15-14-8-16(9)6-5-13-10/h5-6,8H,3-4,7,12H2,1-2H3. The van der Waals surface area contributed by atoms with Crippen LogP contribution in [0.3, 0.4) is 0 Å². The van der Waals surface area contributed by atoms with Crippen molar-refractivity contribution in [3.05, 3.63) is 18.7 Å². The summed E-state index contributed by atoms with van der Waals surface area (Å²) in [5.74, 6) is 0.474. The average molecular weight is 235 g/mol.